The zero-order chi connectivity index (χ0) is 16.6. The molecule has 2 aliphatic heterocycles. The lowest BCUT2D eigenvalue weighted by molar-refractivity contribution is -0.127. The Labute approximate surface area is 139 Å². The standard InChI is InChI=1S/C16H20N4O2S/c1-4-23-16-17-13-12(14(21)18-15(22)19(13)3)20(16)9-11-7-5-6-10(2)8-11/h5-8,12-13H,4,9H2,1-3H3,(H,18,21,22). The van der Waals surface area contributed by atoms with E-state index in [2.05, 4.69) is 23.3 Å². The highest BCUT2D eigenvalue weighted by atomic mass is 32.2. The molecule has 0 radical (unpaired) electrons. The zero-order valence-electron chi connectivity index (χ0n) is 13.4. The highest BCUT2D eigenvalue weighted by molar-refractivity contribution is 8.13. The maximum atomic E-state index is 12.4. The first-order valence-electron chi connectivity index (χ1n) is 7.61. The van der Waals surface area contributed by atoms with E-state index in [9.17, 15) is 9.59 Å². The average molecular weight is 332 g/mol. The molecule has 2 aliphatic rings. The van der Waals surface area contributed by atoms with E-state index in [1.54, 1.807) is 18.8 Å². The zero-order valence-corrected chi connectivity index (χ0v) is 14.3. The molecule has 3 amide bonds. The van der Waals surface area contributed by atoms with E-state index < -0.39 is 18.2 Å². The predicted molar refractivity (Wildman–Crippen MR) is 91.2 cm³/mol. The van der Waals surface area contributed by atoms with Gasteiger partial charge in [0.15, 0.2) is 17.4 Å². The molecule has 0 saturated carbocycles. The quantitative estimate of drug-likeness (QED) is 0.917. The minimum atomic E-state index is -0.465. The molecule has 0 aromatic heterocycles. The molecule has 1 N–H and O–H groups in total. The Kier molecular flexibility index (Phi) is 4.30. The molecule has 3 rings (SSSR count). The van der Waals surface area contributed by atoms with E-state index in [-0.39, 0.29) is 5.91 Å². The van der Waals surface area contributed by atoms with Crippen molar-refractivity contribution in [3.8, 4) is 0 Å². The minimum absolute atomic E-state index is 0.277. The summed E-state index contributed by atoms with van der Waals surface area (Å²) in [6.07, 6.45) is -0.449. The van der Waals surface area contributed by atoms with Crippen LogP contribution >= 0.6 is 11.8 Å². The lowest BCUT2D eigenvalue weighted by Crippen LogP contribution is -2.63. The van der Waals surface area contributed by atoms with Crippen molar-refractivity contribution < 1.29 is 9.59 Å². The van der Waals surface area contributed by atoms with Crippen molar-refractivity contribution in [3.05, 3.63) is 35.4 Å². The number of amides is 3. The van der Waals surface area contributed by atoms with Crippen molar-refractivity contribution >= 4 is 28.9 Å². The summed E-state index contributed by atoms with van der Waals surface area (Å²) >= 11 is 1.60. The normalized spacial score (nSPS) is 23.7. The van der Waals surface area contributed by atoms with Gasteiger partial charge in [0, 0.05) is 13.6 Å². The van der Waals surface area contributed by atoms with Crippen LogP contribution in [0.1, 0.15) is 18.1 Å². The van der Waals surface area contributed by atoms with Crippen LogP contribution in [-0.2, 0) is 11.3 Å². The third-order valence-corrected chi connectivity index (χ3v) is 4.92. The molecular formula is C16H20N4O2S. The monoisotopic (exact) mass is 332 g/mol. The maximum absolute atomic E-state index is 12.4. The average Bonchev–Trinajstić information content (AvgIpc) is 2.85. The summed E-state index contributed by atoms with van der Waals surface area (Å²) in [6.45, 7) is 4.70. The second kappa shape index (κ2) is 6.23. The SMILES string of the molecule is CCSC1=NC2C(C(=O)NC(=O)N2C)N1Cc1cccc(C)c1. The van der Waals surface area contributed by atoms with E-state index in [1.165, 1.54) is 10.5 Å². The van der Waals surface area contributed by atoms with Crippen molar-refractivity contribution in [1.29, 1.82) is 0 Å². The predicted octanol–water partition coefficient (Wildman–Crippen LogP) is 1.80. The van der Waals surface area contributed by atoms with Gasteiger partial charge < -0.3 is 9.80 Å². The molecule has 0 bridgehead atoms. The van der Waals surface area contributed by atoms with Gasteiger partial charge >= 0.3 is 6.03 Å². The number of hydrogen-bond acceptors (Lipinski definition) is 5. The molecule has 1 aromatic rings. The highest BCUT2D eigenvalue weighted by Gasteiger charge is 2.48. The van der Waals surface area contributed by atoms with Crippen LogP contribution in [0.15, 0.2) is 29.3 Å². The van der Waals surface area contributed by atoms with Gasteiger partial charge in [-0.1, -0.05) is 48.5 Å². The molecule has 122 valence electrons. The first-order chi connectivity index (χ1) is 11.0. The van der Waals surface area contributed by atoms with Crippen LogP contribution in [0.3, 0.4) is 0 Å². The third-order valence-electron chi connectivity index (χ3n) is 4.03. The number of aryl methyl sites for hydroxylation is 1. The lowest BCUT2D eigenvalue weighted by atomic mass is 10.1. The van der Waals surface area contributed by atoms with Gasteiger partial charge in [-0.2, -0.15) is 0 Å². The maximum Gasteiger partial charge on any atom is 0.325 e. The fourth-order valence-electron chi connectivity index (χ4n) is 2.92. The Morgan fingerprint density at radius 2 is 2.13 bits per heavy atom. The number of urea groups is 1. The smallest absolute Gasteiger partial charge is 0.325 e. The number of carbonyl (C=O) groups is 2. The molecular weight excluding hydrogens is 312 g/mol. The summed E-state index contributed by atoms with van der Waals surface area (Å²) in [5, 5.41) is 3.23. The number of likely N-dealkylation sites (N-methyl/N-ethyl adjacent to an activating group) is 1. The first kappa shape index (κ1) is 15.9. The summed E-state index contributed by atoms with van der Waals surface area (Å²) in [5.74, 6) is 0.586. The van der Waals surface area contributed by atoms with Gasteiger partial charge in [0.05, 0.1) is 0 Å². The van der Waals surface area contributed by atoms with Gasteiger partial charge in [-0.15, -0.1) is 0 Å². The van der Waals surface area contributed by atoms with Crippen molar-refractivity contribution in [2.45, 2.75) is 32.6 Å². The molecule has 2 heterocycles. The van der Waals surface area contributed by atoms with Crippen LogP contribution in [0.4, 0.5) is 4.79 Å². The molecule has 2 unspecified atom stereocenters. The molecule has 23 heavy (non-hydrogen) atoms. The highest BCUT2D eigenvalue weighted by Crippen LogP contribution is 2.29. The number of fused-ring (bicyclic) bond motifs is 1. The van der Waals surface area contributed by atoms with Gasteiger partial charge in [0.25, 0.3) is 5.91 Å². The summed E-state index contributed by atoms with van der Waals surface area (Å²) in [7, 11) is 1.67. The number of nitrogens with zero attached hydrogens (tertiary/aromatic N) is 3. The summed E-state index contributed by atoms with van der Waals surface area (Å²) in [6, 6.07) is 7.36. The Balaban J connectivity index is 1.91. The van der Waals surface area contributed by atoms with Crippen molar-refractivity contribution in [2.24, 2.45) is 4.99 Å². The fraction of sp³-hybridized carbons (Fsp3) is 0.438. The topological polar surface area (TPSA) is 65.0 Å². The van der Waals surface area contributed by atoms with Crippen LogP contribution in [-0.4, -0.2) is 51.9 Å². The van der Waals surface area contributed by atoms with Crippen molar-refractivity contribution in [3.63, 3.8) is 0 Å². The minimum Gasteiger partial charge on any atom is -0.331 e. The van der Waals surface area contributed by atoms with Crippen LogP contribution in [0.25, 0.3) is 0 Å². The number of hydrogen-bond donors (Lipinski definition) is 1. The number of rotatable bonds is 3. The van der Waals surface area contributed by atoms with Gasteiger partial charge in [-0.25, -0.2) is 9.79 Å². The molecule has 7 heteroatoms. The van der Waals surface area contributed by atoms with E-state index >= 15 is 0 Å². The number of nitrogens with one attached hydrogen (secondary N) is 1. The molecule has 6 nitrogen and oxygen atoms in total. The number of aliphatic imine (C=N–C) groups is 1. The van der Waals surface area contributed by atoms with Crippen LogP contribution in [0, 0.1) is 6.92 Å². The third kappa shape index (κ3) is 2.93. The second-order valence-corrected chi connectivity index (χ2v) is 6.96. The van der Waals surface area contributed by atoms with E-state index in [0.29, 0.717) is 6.54 Å². The number of amidine groups is 1. The number of imide groups is 1. The Hall–Kier alpha value is -2.02. The first-order valence-corrected chi connectivity index (χ1v) is 8.60. The Morgan fingerprint density at radius 1 is 1.35 bits per heavy atom. The fourth-order valence-corrected chi connectivity index (χ4v) is 3.71. The Bertz CT molecular complexity index is 676. The molecule has 1 saturated heterocycles. The van der Waals surface area contributed by atoms with Crippen LogP contribution in [0.2, 0.25) is 0 Å². The Morgan fingerprint density at radius 3 is 2.83 bits per heavy atom. The van der Waals surface area contributed by atoms with Gasteiger partial charge in [-0.05, 0) is 18.2 Å². The van der Waals surface area contributed by atoms with Gasteiger partial charge in [0.1, 0.15) is 0 Å². The van der Waals surface area contributed by atoms with E-state index in [1.807, 2.05) is 30.0 Å². The molecule has 2 atom stereocenters. The summed E-state index contributed by atoms with van der Waals surface area (Å²) in [5.41, 5.74) is 2.31. The molecule has 1 aromatic carbocycles. The summed E-state index contributed by atoms with van der Waals surface area (Å²) < 4.78 is 0. The van der Waals surface area contributed by atoms with Crippen LogP contribution < -0.4 is 5.32 Å². The lowest BCUT2D eigenvalue weighted by Gasteiger charge is -2.36. The van der Waals surface area contributed by atoms with E-state index in [4.69, 9.17) is 0 Å². The van der Waals surface area contributed by atoms with Gasteiger partial charge in [0.2, 0.25) is 0 Å². The summed E-state index contributed by atoms with van der Waals surface area (Å²) in [4.78, 5) is 32.3. The molecule has 0 spiro atoms. The second-order valence-electron chi connectivity index (χ2n) is 5.73. The van der Waals surface area contributed by atoms with Gasteiger partial charge in [-0.3, -0.25) is 10.1 Å². The largest absolute Gasteiger partial charge is 0.331 e. The number of thioether (sulfide) groups is 1. The molecule has 0 aliphatic carbocycles. The van der Waals surface area contributed by atoms with Crippen molar-refractivity contribution in [1.82, 2.24) is 15.1 Å². The van der Waals surface area contributed by atoms with Crippen LogP contribution in [0.5, 0.6) is 0 Å². The molecule has 1 fully saturated rings. The number of carbonyl (C=O) groups excluding carboxylic acids is 2. The van der Waals surface area contributed by atoms with Crippen molar-refractivity contribution in [2.75, 3.05) is 12.8 Å². The number of benzene rings is 1. The van der Waals surface area contributed by atoms with E-state index in [0.717, 1.165) is 16.5 Å².